The van der Waals surface area contributed by atoms with Gasteiger partial charge in [-0.3, -0.25) is 9.59 Å². The Kier molecular flexibility index (Phi) is 11.1. The van der Waals surface area contributed by atoms with Crippen LogP contribution in [-0.4, -0.2) is 52.8 Å². The first-order chi connectivity index (χ1) is 26.0. The van der Waals surface area contributed by atoms with E-state index in [2.05, 4.69) is 29.9 Å². The van der Waals surface area contributed by atoms with Gasteiger partial charge in [0.05, 0.1) is 5.60 Å². The second-order valence-corrected chi connectivity index (χ2v) is 21.3. The molecule has 0 spiro atoms. The second-order valence-electron chi connectivity index (χ2n) is 21.3. The van der Waals surface area contributed by atoms with Crippen LogP contribution in [0, 0.1) is 87.8 Å². The van der Waals surface area contributed by atoms with Crippen LogP contribution in [0.1, 0.15) is 136 Å². The zero-order valence-corrected chi connectivity index (χ0v) is 34.6. The van der Waals surface area contributed by atoms with Crippen LogP contribution in [0.3, 0.4) is 0 Å². The summed E-state index contributed by atoms with van der Waals surface area (Å²) in [6.07, 6.45) is 28.3. The Balaban J connectivity index is 0.00000203. The van der Waals surface area contributed by atoms with Gasteiger partial charge in [0.2, 0.25) is 6.33 Å². The minimum Gasteiger partial charge on any atom is -0.400 e. The molecule has 0 aliphatic heterocycles. The number of hydrogen-bond donors (Lipinski definition) is 2. The fraction of sp³-hybridized carbons (Fsp3) is 0.894. The van der Waals surface area contributed by atoms with Crippen molar-refractivity contribution in [3.8, 4) is 0 Å². The van der Waals surface area contributed by atoms with E-state index in [0.717, 1.165) is 86.7 Å². The molecule has 1 aromatic rings. The van der Waals surface area contributed by atoms with E-state index >= 15 is 0 Å². The lowest BCUT2D eigenvalue weighted by molar-refractivity contribution is -0.684. The molecule has 8 aliphatic rings. The SMILES string of the molecule is CO.COCC1CCC2(C)C(CCC3C2CCC2(C)C(C(=O)C[n+]4ccn(CC(=O)C5CCC6C5CCC5C7CC[C@@](C)(O)CC7CCC56)c4)CCC32)C1. The van der Waals surface area contributed by atoms with Crippen LogP contribution in [0.4, 0.5) is 0 Å². The fourth-order valence-corrected chi connectivity index (χ4v) is 16.6. The molecule has 8 saturated carbocycles. The summed E-state index contributed by atoms with van der Waals surface area (Å²) in [5.74, 6) is 9.55. The van der Waals surface area contributed by atoms with E-state index < -0.39 is 5.60 Å². The van der Waals surface area contributed by atoms with Crippen LogP contribution in [0.25, 0.3) is 0 Å². The molecule has 8 fully saturated rings. The molecule has 16 atom stereocenters. The van der Waals surface area contributed by atoms with Crippen molar-refractivity contribution in [2.45, 2.75) is 155 Å². The van der Waals surface area contributed by atoms with E-state index in [4.69, 9.17) is 9.84 Å². The summed E-state index contributed by atoms with van der Waals surface area (Å²) in [4.78, 5) is 28.0. The molecule has 1 heterocycles. The third-order valence-corrected chi connectivity index (χ3v) is 19.0. The standard InChI is InChI=1S/C46H71N2O4.CH4O/c1-44(51)18-16-32-30(24-44)5-7-34-33(32)9-10-36-35(34)11-12-37(36)42(49)25-47-21-22-48(28-47)26-43(50)41-14-13-39-38-8-6-31-23-29(27-52-4)15-19-45(31,2)40(38)17-20-46(39,41)3;1-2/h21-22,28-41,51H,5-20,23-27H2,1-4H3;2H,1H3/q+1;/t29?,30?,31?,32?,33?,34?,35?,36?,37?,38?,39?,40?,41?,44-,45?,46?;/m1./s1. The van der Waals surface area contributed by atoms with Crippen molar-refractivity contribution < 1.29 is 29.1 Å². The summed E-state index contributed by atoms with van der Waals surface area (Å²) in [5.41, 5.74) is 0.158. The summed E-state index contributed by atoms with van der Waals surface area (Å²) in [6.45, 7) is 9.01. The molecule has 7 nitrogen and oxygen atoms in total. The van der Waals surface area contributed by atoms with Gasteiger partial charge < -0.3 is 14.9 Å². The first kappa shape index (κ1) is 39.3. The Labute approximate surface area is 326 Å². The van der Waals surface area contributed by atoms with Gasteiger partial charge in [-0.25, -0.2) is 9.13 Å². The zero-order chi connectivity index (χ0) is 38.0. The van der Waals surface area contributed by atoms with E-state index in [1.54, 1.807) is 0 Å². The van der Waals surface area contributed by atoms with E-state index in [1.165, 1.54) is 89.9 Å². The van der Waals surface area contributed by atoms with E-state index in [1.807, 2.05) is 25.8 Å². The van der Waals surface area contributed by atoms with Crippen molar-refractivity contribution in [2.24, 2.45) is 87.8 Å². The molecule has 0 bridgehead atoms. The van der Waals surface area contributed by atoms with Crippen LogP contribution in [0.15, 0.2) is 18.7 Å². The van der Waals surface area contributed by atoms with Crippen LogP contribution in [0.2, 0.25) is 0 Å². The number of aliphatic hydroxyl groups excluding tert-OH is 1. The minimum absolute atomic E-state index is 0.140. The molecule has 0 aromatic carbocycles. The highest BCUT2D eigenvalue weighted by atomic mass is 16.5. The maximum atomic E-state index is 14.1. The Bertz CT molecular complexity index is 1500. The predicted octanol–water partition coefficient (Wildman–Crippen LogP) is 8.07. The van der Waals surface area contributed by atoms with Crippen molar-refractivity contribution in [3.63, 3.8) is 0 Å². The maximum absolute atomic E-state index is 14.1. The van der Waals surface area contributed by atoms with Crippen molar-refractivity contribution in [2.75, 3.05) is 20.8 Å². The molecule has 0 amide bonds. The quantitative estimate of drug-likeness (QED) is 0.263. The number of carbonyl (C=O) groups is 2. The number of ether oxygens (including phenoxy) is 1. The number of rotatable bonds is 8. The lowest BCUT2D eigenvalue weighted by atomic mass is 9.44. The summed E-state index contributed by atoms with van der Waals surface area (Å²) in [7, 11) is 2.87. The molecule has 0 radical (unpaired) electrons. The topological polar surface area (TPSA) is 92.6 Å². The van der Waals surface area contributed by atoms with Gasteiger partial charge in [-0.05, 0) is 198 Å². The number of aromatic nitrogens is 2. The molecule has 54 heavy (non-hydrogen) atoms. The van der Waals surface area contributed by atoms with Gasteiger partial charge in [0.25, 0.3) is 0 Å². The Morgan fingerprint density at radius 2 is 1.43 bits per heavy atom. The van der Waals surface area contributed by atoms with Gasteiger partial charge in [-0.15, -0.1) is 0 Å². The van der Waals surface area contributed by atoms with E-state index in [-0.39, 0.29) is 17.3 Å². The smallest absolute Gasteiger partial charge is 0.244 e. The van der Waals surface area contributed by atoms with E-state index in [0.29, 0.717) is 47.8 Å². The summed E-state index contributed by atoms with van der Waals surface area (Å²) >= 11 is 0. The van der Waals surface area contributed by atoms with E-state index in [9.17, 15) is 14.7 Å². The first-order valence-electron chi connectivity index (χ1n) is 22.7. The number of nitrogens with zero attached hydrogens (tertiary/aromatic N) is 2. The summed E-state index contributed by atoms with van der Waals surface area (Å²) in [5, 5.41) is 17.8. The average molecular weight is 748 g/mol. The molecule has 1 aromatic heterocycles. The van der Waals surface area contributed by atoms with Gasteiger partial charge in [-0.2, -0.15) is 0 Å². The lowest BCUT2D eigenvalue weighted by Crippen LogP contribution is -2.54. The third-order valence-electron chi connectivity index (χ3n) is 19.0. The Morgan fingerprint density at radius 1 is 0.741 bits per heavy atom. The number of fused-ring (bicyclic) bond motifs is 10. The highest BCUT2D eigenvalue weighted by Crippen LogP contribution is 2.68. The lowest BCUT2D eigenvalue weighted by Gasteiger charge is -2.61. The number of aliphatic hydroxyl groups is 2. The van der Waals surface area contributed by atoms with Crippen molar-refractivity contribution in [1.82, 2.24) is 4.57 Å². The Hall–Kier alpha value is -1.57. The molecule has 15 unspecified atom stereocenters. The Morgan fingerprint density at radius 3 is 2.24 bits per heavy atom. The molecule has 7 heteroatoms. The van der Waals surface area contributed by atoms with Gasteiger partial charge in [0.15, 0.2) is 11.6 Å². The number of Topliss-reactive ketones (excluding diaryl/α,β-unsaturated/α-hetero) is 2. The zero-order valence-electron chi connectivity index (χ0n) is 34.6. The summed E-state index contributed by atoms with van der Waals surface area (Å²) < 4.78 is 9.72. The van der Waals surface area contributed by atoms with Crippen LogP contribution in [0.5, 0.6) is 0 Å². The monoisotopic (exact) mass is 748 g/mol. The normalized spacial score (nSPS) is 47.8. The predicted molar refractivity (Wildman–Crippen MR) is 210 cm³/mol. The minimum atomic E-state index is -0.459. The van der Waals surface area contributed by atoms with Crippen molar-refractivity contribution in [3.05, 3.63) is 18.7 Å². The van der Waals surface area contributed by atoms with Gasteiger partial charge in [0.1, 0.15) is 25.5 Å². The molecular weight excluding hydrogens is 673 g/mol. The third kappa shape index (κ3) is 6.82. The molecule has 0 saturated heterocycles. The van der Waals surface area contributed by atoms with Gasteiger partial charge in [-0.1, -0.05) is 13.8 Å². The highest BCUT2D eigenvalue weighted by molar-refractivity contribution is 5.82. The number of hydrogen-bond acceptors (Lipinski definition) is 5. The highest BCUT2D eigenvalue weighted by Gasteiger charge is 2.61. The number of methoxy groups -OCH3 is 1. The molecule has 9 rings (SSSR count). The summed E-state index contributed by atoms with van der Waals surface area (Å²) in [6, 6.07) is 0. The number of imidazole rings is 1. The van der Waals surface area contributed by atoms with Crippen LogP contribution < -0.4 is 4.57 Å². The van der Waals surface area contributed by atoms with Crippen molar-refractivity contribution >= 4 is 11.6 Å². The van der Waals surface area contributed by atoms with Crippen LogP contribution in [-0.2, 0) is 27.4 Å². The average Bonchev–Trinajstić information content (AvgIpc) is 3.88. The first-order valence-corrected chi connectivity index (χ1v) is 22.7. The molecule has 8 aliphatic carbocycles. The van der Waals surface area contributed by atoms with Gasteiger partial charge in [0, 0.05) is 32.7 Å². The number of ketones is 2. The number of carbonyl (C=O) groups excluding carboxylic acids is 2. The maximum Gasteiger partial charge on any atom is 0.244 e. The second kappa shape index (κ2) is 15.3. The largest absolute Gasteiger partial charge is 0.400 e. The van der Waals surface area contributed by atoms with Crippen LogP contribution >= 0.6 is 0 Å². The van der Waals surface area contributed by atoms with Crippen molar-refractivity contribution in [1.29, 1.82) is 0 Å². The fourth-order valence-electron chi connectivity index (χ4n) is 16.6. The molecular formula is C47H75N2O5+. The molecule has 2 N–H and O–H groups in total. The van der Waals surface area contributed by atoms with Gasteiger partial charge >= 0.3 is 0 Å². The molecule has 302 valence electrons.